The lowest BCUT2D eigenvalue weighted by Gasteiger charge is -2.32. The minimum atomic E-state index is -1.31. The highest BCUT2D eigenvalue weighted by Crippen LogP contribution is 2.45. The van der Waals surface area contributed by atoms with Crippen molar-refractivity contribution in [3.05, 3.63) is 154 Å². The zero-order chi connectivity index (χ0) is 67.3. The molecular weight excluding hydrogens is 1340 g/mol. The number of fused-ring (bicyclic) bond motifs is 3. The number of ether oxygens (including phenoxy) is 5. The smallest absolute Gasteiger partial charge is 0.496 e. The van der Waals surface area contributed by atoms with E-state index in [1.165, 1.54) is 11.1 Å². The van der Waals surface area contributed by atoms with Crippen molar-refractivity contribution < 1.29 is 42.9 Å². The molecule has 7 aromatic heterocycles. The largest absolute Gasteiger partial charge is 0.497 e. The summed E-state index contributed by atoms with van der Waals surface area (Å²) in [4.78, 5) is 34.8. The Labute approximate surface area is 570 Å². The molecule has 17 nitrogen and oxygen atoms in total. The third-order valence-electron chi connectivity index (χ3n) is 16.5. The summed E-state index contributed by atoms with van der Waals surface area (Å²) in [6.45, 7) is 24.5. The van der Waals surface area contributed by atoms with Crippen LogP contribution in [0.2, 0.25) is 66.4 Å². The van der Waals surface area contributed by atoms with Gasteiger partial charge in [0.1, 0.15) is 47.7 Å². The highest BCUT2D eigenvalue weighted by Gasteiger charge is 2.52. The van der Waals surface area contributed by atoms with Crippen LogP contribution in [0.15, 0.2) is 133 Å². The molecule has 24 heteroatoms. The Morgan fingerprint density at radius 1 is 0.634 bits per heavy atom. The van der Waals surface area contributed by atoms with Crippen LogP contribution in [0.4, 0.5) is 0 Å². The van der Waals surface area contributed by atoms with Gasteiger partial charge in [-0.1, -0.05) is 129 Å². The van der Waals surface area contributed by atoms with Gasteiger partial charge in [0.05, 0.1) is 52.1 Å². The fourth-order valence-electron chi connectivity index (χ4n) is 10.5. The van der Waals surface area contributed by atoms with Crippen LogP contribution in [0.3, 0.4) is 0 Å². The summed E-state index contributed by atoms with van der Waals surface area (Å²) >= 11 is 24.1. The minimum Gasteiger partial charge on any atom is -0.496 e. The molecule has 490 valence electrons. The van der Waals surface area contributed by atoms with Crippen LogP contribution in [0.25, 0.3) is 77.6 Å². The van der Waals surface area contributed by atoms with E-state index in [4.69, 9.17) is 72.8 Å². The first-order valence-electron chi connectivity index (χ1n) is 30.5. The van der Waals surface area contributed by atoms with Gasteiger partial charge in [0.25, 0.3) is 5.91 Å². The summed E-state index contributed by atoms with van der Waals surface area (Å²) in [6, 6.07) is 27.4. The zero-order valence-electron chi connectivity index (χ0n) is 55.4. The first-order valence-corrected chi connectivity index (χ1v) is 39.8. The van der Waals surface area contributed by atoms with Gasteiger partial charge in [-0.2, -0.15) is 0 Å². The van der Waals surface area contributed by atoms with Crippen LogP contribution in [-0.4, -0.2) is 133 Å². The van der Waals surface area contributed by atoms with Gasteiger partial charge >= 0.3 is 7.12 Å². The molecule has 0 aliphatic carbocycles. The molecule has 0 radical (unpaired) electrons. The highest BCUT2D eigenvalue weighted by molar-refractivity contribution is 9.10. The molecule has 93 heavy (non-hydrogen) atoms. The van der Waals surface area contributed by atoms with Gasteiger partial charge in [-0.3, -0.25) is 9.78 Å². The molecule has 11 rings (SSSR count). The molecule has 10 aromatic rings. The summed E-state index contributed by atoms with van der Waals surface area (Å²) in [7, 11) is 5.24. The van der Waals surface area contributed by atoms with Gasteiger partial charge in [0.15, 0.2) is 6.10 Å². The maximum Gasteiger partial charge on any atom is 0.497 e. The lowest BCUT2D eigenvalue weighted by Crippen LogP contribution is -2.41. The Hall–Kier alpha value is -6.60. The van der Waals surface area contributed by atoms with Gasteiger partial charge < -0.3 is 57.1 Å². The van der Waals surface area contributed by atoms with Gasteiger partial charge in [0.2, 0.25) is 0 Å². The van der Waals surface area contributed by atoms with Gasteiger partial charge in [-0.05, 0) is 80.0 Å². The Morgan fingerprint density at radius 2 is 1.11 bits per heavy atom. The number of nitrogens with zero attached hydrogens (tertiary/aromatic N) is 7. The van der Waals surface area contributed by atoms with Crippen molar-refractivity contribution in [3.63, 3.8) is 0 Å². The minimum absolute atomic E-state index is 0.381. The average Bonchev–Trinajstić information content (AvgIpc) is 1.62. The molecule has 2 N–H and O–H groups in total. The van der Waals surface area contributed by atoms with Crippen LogP contribution >= 0.6 is 50.7 Å². The van der Waals surface area contributed by atoms with Crippen LogP contribution in [0.1, 0.15) is 39.4 Å². The van der Waals surface area contributed by atoms with Crippen LogP contribution in [0.5, 0.6) is 17.2 Å². The molecule has 0 saturated carbocycles. The topological polar surface area (TPSA) is 182 Å². The molecule has 1 aliphatic heterocycles. The van der Waals surface area contributed by atoms with Crippen molar-refractivity contribution in [2.45, 2.75) is 110 Å². The monoisotopic (exact) mass is 1420 g/mol. The van der Waals surface area contributed by atoms with E-state index in [2.05, 4.69) is 75.1 Å². The number of aliphatic hydroxyl groups excluding tert-OH is 1. The second kappa shape index (κ2) is 29.6. The van der Waals surface area contributed by atoms with Crippen molar-refractivity contribution in [3.8, 4) is 61.8 Å². The fraction of sp³-hybridized carbons (Fsp3) is 0.348. The number of aromatic nitrogens is 7. The van der Waals surface area contributed by atoms with Crippen molar-refractivity contribution in [2.75, 3.05) is 48.6 Å². The number of aromatic amines is 1. The van der Waals surface area contributed by atoms with Crippen LogP contribution in [-0.2, 0) is 37.0 Å². The predicted molar refractivity (Wildman–Crippen MR) is 385 cm³/mol. The second-order valence-corrected chi connectivity index (χ2v) is 39.5. The van der Waals surface area contributed by atoms with Crippen LogP contribution in [0, 0.1) is 0 Å². The van der Waals surface area contributed by atoms with E-state index in [1.807, 2.05) is 128 Å². The zero-order valence-corrected chi connectivity index (χ0v) is 61.2. The summed E-state index contributed by atoms with van der Waals surface area (Å²) in [6.07, 6.45) is 12.9. The molecule has 0 spiro atoms. The number of methoxy groups -OCH3 is 3. The molecule has 1 atom stereocenters. The lowest BCUT2D eigenvalue weighted by atomic mass is 9.79. The molecule has 3 aromatic carbocycles. The van der Waals surface area contributed by atoms with E-state index in [0.29, 0.717) is 56.3 Å². The molecule has 1 amide bonds. The summed E-state index contributed by atoms with van der Waals surface area (Å²) in [5.74, 6) is 1.86. The van der Waals surface area contributed by atoms with Crippen molar-refractivity contribution >= 4 is 118 Å². The predicted octanol–water partition coefficient (Wildman–Crippen LogP) is 16.5. The molecule has 0 bridgehead atoms. The van der Waals surface area contributed by atoms with Crippen LogP contribution < -0.4 is 19.7 Å². The maximum absolute atomic E-state index is 12.2. The summed E-state index contributed by atoms with van der Waals surface area (Å²) in [5.41, 5.74) is 9.21. The Bertz CT molecular complexity index is 4290. The Kier molecular flexibility index (Phi) is 22.5. The number of hydrogen-bond acceptors (Lipinski definition) is 13. The molecule has 8 heterocycles. The van der Waals surface area contributed by atoms with Crippen molar-refractivity contribution in [1.82, 2.24) is 39.0 Å². The van der Waals surface area contributed by atoms with E-state index in [0.717, 1.165) is 108 Å². The van der Waals surface area contributed by atoms with E-state index in [1.54, 1.807) is 66.3 Å². The summed E-state index contributed by atoms with van der Waals surface area (Å²) < 4.78 is 46.1. The van der Waals surface area contributed by atoms with E-state index >= 15 is 0 Å². The van der Waals surface area contributed by atoms with Crippen molar-refractivity contribution in [2.24, 2.45) is 0 Å². The van der Waals surface area contributed by atoms with Gasteiger partial charge in [-0.15, -0.1) is 0 Å². The van der Waals surface area contributed by atoms with E-state index < -0.39 is 46.5 Å². The Morgan fingerprint density at radius 3 is 1.59 bits per heavy atom. The number of amides is 1. The first kappa shape index (κ1) is 70.7. The van der Waals surface area contributed by atoms with Crippen molar-refractivity contribution in [1.29, 1.82) is 0 Å². The normalized spacial score (nSPS) is 14.0. The maximum atomic E-state index is 12.2. The SMILES string of the molecule is COc1ccccc1-c1c[nH]c2ncc(-c3cncc(C(O)C(=O)N(C)C)c3)c(Cl)c12.COc1ccccc1-c1cn(COCC[Si](C)(C)C)c2ncc(B3OC(C)(C)C(C)(C)O3)c(Cl)c12.COc1ccccc1-c1cn(COCC[Si](C)(C)C)c2ncc(Br)c(Cl)c12. The summed E-state index contributed by atoms with van der Waals surface area (Å²) in [5, 5.41) is 14.6. The number of hydrogen-bond donors (Lipinski definition) is 2. The number of para-hydroxylation sites is 3. The molecule has 1 saturated heterocycles. The molecule has 1 unspecified atom stereocenters. The number of aliphatic hydroxyl groups is 1. The second-order valence-electron chi connectivity index (χ2n) is 26.3. The average molecular weight is 1420 g/mol. The fourth-order valence-corrected chi connectivity index (χ4v) is 13.2. The number of nitrogens with one attached hydrogen (secondary N) is 1. The third kappa shape index (κ3) is 15.9. The third-order valence-corrected chi connectivity index (χ3v) is 21.9. The standard InChI is InChI=1S/C26H36BClN2O4Si.C23H21ClN4O3.C20H24BrClN2O2Si/c1-25(2)26(3,4)34-27(33-25)20-15-29-24-22(23(20)28)19(18-11-9-10-12-21(18)31-5)16-30(24)17-32-13-14-35(6,7)8;1-28(2)23(30)21(29)14-8-13(9-25-10-14)16-11-26-22-19(20(16)24)17(12-27-22)15-6-4-5-7-18(15)31-3;1-25-17-8-6-5-7-14(17)15-12-24(13-26-9-10-27(2,3)4)20-18(15)19(22)16(21)11-23-20/h9-12,15-16H,13-14,17H2,1-8H3;4-12,21,29H,1-3H3,(H,26,27);5-8,11-12H,9-10,13H2,1-4H3. The van der Waals surface area contributed by atoms with Gasteiger partial charge in [0, 0.05) is 165 Å². The number of benzene rings is 3. The number of halogens is 4. The van der Waals surface area contributed by atoms with E-state index in [-0.39, 0.29) is 0 Å². The quantitative estimate of drug-likeness (QED) is 0.0544. The molecule has 1 fully saturated rings. The number of rotatable bonds is 20. The number of likely N-dealkylation sites (N-methyl/N-ethyl adjacent to an activating group) is 1. The number of carbonyl (C=O) groups is 1. The number of pyridine rings is 4. The molecular formula is C69H81BBrCl3N8O9Si2. The lowest BCUT2D eigenvalue weighted by molar-refractivity contribution is -0.137. The highest BCUT2D eigenvalue weighted by atomic mass is 79.9. The number of carbonyl (C=O) groups excluding carboxylic acids is 1. The Balaban J connectivity index is 0.000000166. The van der Waals surface area contributed by atoms with E-state index in [9.17, 15) is 9.90 Å². The van der Waals surface area contributed by atoms with Gasteiger partial charge in [-0.25, -0.2) is 15.0 Å². The number of H-pyrrole nitrogens is 1. The first-order chi connectivity index (χ1) is 44.1. The molecule has 1 aliphatic rings.